The van der Waals surface area contributed by atoms with Crippen molar-refractivity contribution >= 4 is 25.6 Å². The van der Waals surface area contributed by atoms with E-state index in [2.05, 4.69) is 29.6 Å². The van der Waals surface area contributed by atoms with Crippen molar-refractivity contribution in [3.63, 3.8) is 0 Å². The molecule has 5 rings (SSSR count). The maximum atomic E-state index is 12.9. The molecule has 39 heavy (non-hydrogen) atoms. The van der Waals surface area contributed by atoms with Crippen molar-refractivity contribution in [3.05, 3.63) is 100 Å². The van der Waals surface area contributed by atoms with Gasteiger partial charge in [-0.15, -0.1) is 0 Å². The fourth-order valence-corrected chi connectivity index (χ4v) is 5.15. The Kier molecular flexibility index (Phi) is 7.23. The Morgan fingerprint density at radius 1 is 0.949 bits per heavy atom. The molecule has 0 saturated carbocycles. The van der Waals surface area contributed by atoms with Crippen LogP contribution in [-0.4, -0.2) is 43.9 Å². The Balaban J connectivity index is 1.32. The largest absolute Gasteiger partial charge is 0.492 e. The Morgan fingerprint density at radius 2 is 1.54 bits per heavy atom. The van der Waals surface area contributed by atoms with Crippen LogP contribution < -0.4 is 5.32 Å². The van der Waals surface area contributed by atoms with Crippen molar-refractivity contribution in [2.45, 2.75) is 51.7 Å². The van der Waals surface area contributed by atoms with Crippen LogP contribution in [0.5, 0.6) is 0 Å². The van der Waals surface area contributed by atoms with E-state index in [0.29, 0.717) is 5.56 Å². The average molecular weight is 523 g/mol. The van der Waals surface area contributed by atoms with Gasteiger partial charge >= 0.3 is 13.2 Å². The number of rotatable bonds is 7. The van der Waals surface area contributed by atoms with Gasteiger partial charge in [-0.05, 0) is 79.5 Å². The highest BCUT2D eigenvalue weighted by Crippen LogP contribution is 2.44. The Bertz CT molecular complexity index is 1380. The second-order valence-corrected chi connectivity index (χ2v) is 11.2. The quantitative estimate of drug-likeness (QED) is 0.288. The lowest BCUT2D eigenvalue weighted by atomic mass is 9.76. The highest BCUT2D eigenvalue weighted by Gasteiger charge is 2.52. The summed E-state index contributed by atoms with van der Waals surface area (Å²) in [4.78, 5) is 24.1. The number of aldehydes is 1. The number of benzene rings is 3. The molecule has 0 radical (unpaired) electrons. The first kappa shape index (κ1) is 26.9. The van der Waals surface area contributed by atoms with Crippen LogP contribution in [0, 0.1) is 6.92 Å². The van der Waals surface area contributed by atoms with Crippen LogP contribution in [0.25, 0.3) is 17.2 Å². The van der Waals surface area contributed by atoms with E-state index in [-0.39, 0.29) is 19.1 Å². The lowest BCUT2D eigenvalue weighted by molar-refractivity contribution is 0.00578. The molecule has 6 nitrogen and oxygen atoms in total. The van der Waals surface area contributed by atoms with E-state index in [1.807, 2.05) is 77.1 Å². The fourth-order valence-electron chi connectivity index (χ4n) is 5.15. The predicted molar refractivity (Wildman–Crippen MR) is 154 cm³/mol. The topological polar surface area (TPSA) is 73.9 Å². The maximum Gasteiger partial charge on any atom is 0.492 e. The predicted octanol–water partition coefficient (Wildman–Crippen LogP) is 6.36. The van der Waals surface area contributed by atoms with E-state index >= 15 is 0 Å². The maximum absolute atomic E-state index is 12.9. The van der Waals surface area contributed by atoms with Gasteiger partial charge in [0.1, 0.15) is 12.9 Å². The molecular weight excluding hydrogens is 489 g/mol. The first-order valence-electron chi connectivity index (χ1n) is 13.3. The van der Waals surface area contributed by atoms with Crippen molar-refractivity contribution < 1.29 is 23.6 Å². The zero-order chi connectivity index (χ0) is 27.8. The van der Waals surface area contributed by atoms with Crippen molar-refractivity contribution in [1.82, 2.24) is 5.32 Å². The number of carbonyl (C=O) groups excluding carboxylic acids is 2. The number of ether oxygens (including phenoxy) is 1. The lowest BCUT2D eigenvalue weighted by Gasteiger charge is -2.32. The Hall–Kier alpha value is -3.68. The minimum Gasteiger partial charge on any atom is -0.449 e. The van der Waals surface area contributed by atoms with E-state index in [4.69, 9.17) is 14.0 Å². The number of nitrogens with one attached hydrogen (secondary N) is 1. The van der Waals surface area contributed by atoms with Crippen molar-refractivity contribution in [2.75, 3.05) is 13.2 Å². The summed E-state index contributed by atoms with van der Waals surface area (Å²) in [5.41, 5.74) is 6.86. The summed E-state index contributed by atoms with van der Waals surface area (Å²) >= 11 is 0. The van der Waals surface area contributed by atoms with Gasteiger partial charge in [0.05, 0.1) is 11.2 Å². The molecule has 0 atom stereocenters. The third kappa shape index (κ3) is 5.29. The second-order valence-electron chi connectivity index (χ2n) is 11.2. The molecule has 200 valence electrons. The van der Waals surface area contributed by atoms with E-state index in [1.54, 1.807) is 6.07 Å². The van der Waals surface area contributed by atoms with Gasteiger partial charge in [0.15, 0.2) is 0 Å². The van der Waals surface area contributed by atoms with Crippen molar-refractivity contribution in [1.29, 1.82) is 0 Å². The van der Waals surface area contributed by atoms with Gasteiger partial charge in [-0.1, -0.05) is 66.7 Å². The smallest absolute Gasteiger partial charge is 0.449 e. The van der Waals surface area contributed by atoms with Gasteiger partial charge in [-0.25, -0.2) is 4.79 Å². The second kappa shape index (κ2) is 10.5. The minimum absolute atomic E-state index is 0.0137. The summed E-state index contributed by atoms with van der Waals surface area (Å²) < 4.78 is 18.3. The summed E-state index contributed by atoms with van der Waals surface area (Å²) in [7, 11) is -0.644. The lowest BCUT2D eigenvalue weighted by Crippen LogP contribution is -2.41. The molecule has 1 heterocycles. The minimum atomic E-state index is -0.644. The van der Waals surface area contributed by atoms with Crippen LogP contribution in [0.4, 0.5) is 4.79 Å². The zero-order valence-corrected chi connectivity index (χ0v) is 23.1. The third-order valence-electron chi connectivity index (χ3n) is 8.11. The van der Waals surface area contributed by atoms with Crippen molar-refractivity contribution in [3.8, 4) is 11.1 Å². The van der Waals surface area contributed by atoms with E-state index in [9.17, 15) is 9.59 Å². The normalized spacial score (nSPS) is 17.5. The van der Waals surface area contributed by atoms with E-state index in [1.165, 1.54) is 22.3 Å². The van der Waals surface area contributed by atoms with Gasteiger partial charge in [-0.2, -0.15) is 0 Å². The highest BCUT2D eigenvalue weighted by atomic mass is 16.7. The monoisotopic (exact) mass is 523 g/mol. The van der Waals surface area contributed by atoms with Gasteiger partial charge in [-0.3, -0.25) is 4.79 Å². The zero-order valence-electron chi connectivity index (χ0n) is 23.1. The molecule has 1 N–H and O–H groups in total. The molecule has 1 fully saturated rings. The number of fused-ring (bicyclic) bond motifs is 3. The number of carbonyl (C=O) groups is 2. The molecule has 2 aliphatic rings. The summed E-state index contributed by atoms with van der Waals surface area (Å²) in [5.74, 6) is -0.0137. The molecule has 0 aromatic heterocycles. The third-order valence-corrected chi connectivity index (χ3v) is 8.11. The standard InChI is InChI=1S/C32H34BNO5/c1-21-16-22(19-35)14-15-23(21)17-24(33-38-31(2,3)32(4,5)39-33)18-34-30(36)37-20-29-27-12-8-6-10-25(27)26-11-7-9-13-28(26)29/h6-17,19,29H,18,20H2,1-5H3,(H,34,36). The molecule has 0 spiro atoms. The number of amides is 1. The van der Waals surface area contributed by atoms with Crippen LogP contribution in [0.1, 0.15) is 66.2 Å². The fraction of sp³-hybridized carbons (Fsp3) is 0.312. The van der Waals surface area contributed by atoms with E-state index < -0.39 is 24.4 Å². The first-order chi connectivity index (χ1) is 18.6. The first-order valence-corrected chi connectivity index (χ1v) is 13.3. The van der Waals surface area contributed by atoms with Crippen LogP contribution >= 0.6 is 0 Å². The molecule has 3 aromatic rings. The number of alkyl carbamates (subject to hydrolysis) is 1. The number of hydrogen-bond acceptors (Lipinski definition) is 5. The molecule has 7 heteroatoms. The number of aryl methyl sites for hydroxylation is 1. The van der Waals surface area contributed by atoms with Crippen LogP contribution in [0.3, 0.4) is 0 Å². The van der Waals surface area contributed by atoms with Gasteiger partial charge in [0.2, 0.25) is 0 Å². The molecule has 1 amide bonds. The molecule has 1 saturated heterocycles. The summed E-state index contributed by atoms with van der Waals surface area (Å²) in [6.45, 7) is 10.3. The molecule has 1 aliphatic carbocycles. The Labute approximate surface area is 230 Å². The van der Waals surface area contributed by atoms with Gasteiger partial charge in [0, 0.05) is 18.0 Å². The summed E-state index contributed by atoms with van der Waals surface area (Å²) in [6.07, 6.45) is 2.27. The van der Waals surface area contributed by atoms with E-state index in [0.717, 1.165) is 22.9 Å². The molecule has 0 bridgehead atoms. The molecule has 3 aromatic carbocycles. The Morgan fingerprint density at radius 3 is 2.10 bits per heavy atom. The van der Waals surface area contributed by atoms with Crippen LogP contribution in [-0.2, 0) is 14.0 Å². The van der Waals surface area contributed by atoms with Crippen LogP contribution in [0.2, 0.25) is 0 Å². The van der Waals surface area contributed by atoms with Crippen LogP contribution in [0.15, 0.2) is 72.2 Å². The molecular formula is C32H34BNO5. The average Bonchev–Trinajstić information content (AvgIpc) is 3.35. The van der Waals surface area contributed by atoms with Gasteiger partial charge < -0.3 is 19.4 Å². The number of hydrogen-bond donors (Lipinski definition) is 1. The highest BCUT2D eigenvalue weighted by molar-refractivity contribution is 6.56. The molecule has 0 unspecified atom stereocenters. The van der Waals surface area contributed by atoms with Gasteiger partial charge in [0.25, 0.3) is 0 Å². The SMILES string of the molecule is Cc1cc(C=O)ccc1C=C(CNC(=O)OCC1c2ccccc2-c2ccccc21)B1OC(C)(C)C(C)(C)O1. The van der Waals surface area contributed by atoms with Crippen molar-refractivity contribution in [2.24, 2.45) is 0 Å². The summed E-state index contributed by atoms with van der Waals surface area (Å²) in [5, 5.41) is 2.90. The molecule has 1 aliphatic heterocycles. The summed E-state index contributed by atoms with van der Waals surface area (Å²) in [6, 6.07) is 22.0.